The first kappa shape index (κ1) is 16.5. The van der Waals surface area contributed by atoms with Crippen molar-refractivity contribution in [2.75, 3.05) is 13.1 Å². The number of likely N-dealkylation sites (tertiary alicyclic amines) is 1. The third-order valence-corrected chi connectivity index (χ3v) is 4.52. The van der Waals surface area contributed by atoms with Crippen LogP contribution in [0.4, 0.5) is 13.6 Å². The topological polar surface area (TPSA) is 49.8 Å². The molecule has 1 aliphatic carbocycles. The molecule has 2 rings (SSSR count). The summed E-state index contributed by atoms with van der Waals surface area (Å²) in [6.45, 7) is 6.31. The van der Waals surface area contributed by atoms with E-state index in [-0.39, 0.29) is 18.9 Å². The molecule has 0 radical (unpaired) electrons. The Balaban J connectivity index is 1.93. The molecular weight excluding hydrogens is 280 g/mol. The molecule has 1 saturated heterocycles. The summed E-state index contributed by atoms with van der Waals surface area (Å²) in [5, 5.41) is 9.38. The van der Waals surface area contributed by atoms with Crippen LogP contribution in [0.25, 0.3) is 0 Å². The number of aliphatic hydroxyl groups is 1. The summed E-state index contributed by atoms with van der Waals surface area (Å²) < 4.78 is 32.8. The normalized spacial score (nSPS) is 28.5. The number of nitrogens with zero attached hydrogens (tertiary/aromatic N) is 1. The van der Waals surface area contributed by atoms with E-state index in [4.69, 9.17) is 4.74 Å². The van der Waals surface area contributed by atoms with Crippen LogP contribution in [0.2, 0.25) is 0 Å². The standard InChI is InChI=1S/C15H25F2NO3/c1-13(2,3)21-12(20)18-8-6-14(7-9-18)5-4-11(19)15(16,17)10-14/h11,19H,4-10H2,1-3H3. The van der Waals surface area contributed by atoms with Gasteiger partial charge in [-0.15, -0.1) is 0 Å². The third kappa shape index (κ3) is 3.84. The number of hydrogen-bond donors (Lipinski definition) is 1. The monoisotopic (exact) mass is 305 g/mol. The zero-order valence-corrected chi connectivity index (χ0v) is 13.0. The number of amides is 1. The average molecular weight is 305 g/mol. The maximum absolute atomic E-state index is 13.8. The fourth-order valence-corrected chi connectivity index (χ4v) is 3.28. The lowest BCUT2D eigenvalue weighted by atomic mass is 9.66. The van der Waals surface area contributed by atoms with Crippen LogP contribution in [-0.2, 0) is 4.74 Å². The number of halogens is 2. The Kier molecular flexibility index (Phi) is 4.21. The van der Waals surface area contributed by atoms with Gasteiger partial charge in [0.1, 0.15) is 11.7 Å². The Morgan fingerprint density at radius 1 is 1.24 bits per heavy atom. The minimum absolute atomic E-state index is 0.138. The van der Waals surface area contributed by atoms with Crippen molar-refractivity contribution in [3.05, 3.63) is 0 Å². The molecule has 1 heterocycles. The number of carbonyl (C=O) groups is 1. The smallest absolute Gasteiger partial charge is 0.410 e. The molecule has 2 aliphatic rings. The predicted octanol–water partition coefficient (Wildman–Crippen LogP) is 3.18. The van der Waals surface area contributed by atoms with Gasteiger partial charge in [-0.2, -0.15) is 0 Å². The highest BCUT2D eigenvalue weighted by molar-refractivity contribution is 5.68. The van der Waals surface area contributed by atoms with Crippen molar-refractivity contribution in [1.82, 2.24) is 4.90 Å². The van der Waals surface area contributed by atoms with Crippen LogP contribution >= 0.6 is 0 Å². The van der Waals surface area contributed by atoms with E-state index in [1.54, 1.807) is 25.7 Å². The summed E-state index contributed by atoms with van der Waals surface area (Å²) in [4.78, 5) is 13.6. The van der Waals surface area contributed by atoms with Gasteiger partial charge in [-0.1, -0.05) is 0 Å². The van der Waals surface area contributed by atoms with E-state index in [1.165, 1.54) is 0 Å². The Labute approximate surface area is 124 Å². The van der Waals surface area contributed by atoms with Crippen LogP contribution in [0.1, 0.15) is 52.9 Å². The zero-order chi connectivity index (χ0) is 15.9. The van der Waals surface area contributed by atoms with E-state index >= 15 is 0 Å². The molecule has 6 heteroatoms. The molecule has 122 valence electrons. The van der Waals surface area contributed by atoms with E-state index < -0.39 is 23.0 Å². The van der Waals surface area contributed by atoms with E-state index in [9.17, 15) is 18.7 Å². The molecule has 0 aromatic heterocycles. The molecular formula is C15H25F2NO3. The molecule has 4 nitrogen and oxygen atoms in total. The lowest BCUT2D eigenvalue weighted by molar-refractivity contribution is -0.171. The molecule has 1 saturated carbocycles. The van der Waals surface area contributed by atoms with Gasteiger partial charge in [0.25, 0.3) is 5.92 Å². The molecule has 1 spiro atoms. The van der Waals surface area contributed by atoms with Crippen molar-refractivity contribution >= 4 is 6.09 Å². The van der Waals surface area contributed by atoms with E-state index in [1.807, 2.05) is 0 Å². The predicted molar refractivity (Wildman–Crippen MR) is 74.3 cm³/mol. The van der Waals surface area contributed by atoms with Gasteiger partial charge in [-0.25, -0.2) is 13.6 Å². The number of hydrogen-bond acceptors (Lipinski definition) is 3. The maximum Gasteiger partial charge on any atom is 0.410 e. The second kappa shape index (κ2) is 5.38. The number of carbonyl (C=O) groups excluding carboxylic acids is 1. The molecule has 0 aromatic carbocycles. The van der Waals surface area contributed by atoms with Crippen molar-refractivity contribution in [3.63, 3.8) is 0 Å². The molecule has 1 N–H and O–H groups in total. The fourth-order valence-electron chi connectivity index (χ4n) is 3.28. The van der Waals surface area contributed by atoms with Gasteiger partial charge in [0.05, 0.1) is 0 Å². The van der Waals surface area contributed by atoms with Crippen molar-refractivity contribution in [2.24, 2.45) is 5.41 Å². The van der Waals surface area contributed by atoms with Crippen LogP contribution in [0.5, 0.6) is 0 Å². The van der Waals surface area contributed by atoms with Gasteiger partial charge in [0.2, 0.25) is 0 Å². The summed E-state index contributed by atoms with van der Waals surface area (Å²) in [5.74, 6) is -3.01. The maximum atomic E-state index is 13.8. The highest BCUT2D eigenvalue weighted by atomic mass is 19.3. The van der Waals surface area contributed by atoms with Crippen LogP contribution in [0.3, 0.4) is 0 Å². The van der Waals surface area contributed by atoms with E-state index in [2.05, 4.69) is 0 Å². The van der Waals surface area contributed by atoms with Gasteiger partial charge >= 0.3 is 6.09 Å². The van der Waals surface area contributed by atoms with E-state index in [0.717, 1.165) is 0 Å². The lowest BCUT2D eigenvalue weighted by Gasteiger charge is -2.47. The van der Waals surface area contributed by atoms with Crippen LogP contribution in [-0.4, -0.2) is 46.8 Å². The summed E-state index contributed by atoms with van der Waals surface area (Å²) >= 11 is 0. The lowest BCUT2D eigenvalue weighted by Crippen LogP contribution is -2.51. The van der Waals surface area contributed by atoms with Crippen LogP contribution in [0, 0.1) is 5.41 Å². The number of piperidine rings is 1. The number of rotatable bonds is 0. The van der Waals surface area contributed by atoms with Gasteiger partial charge in [0.15, 0.2) is 0 Å². The van der Waals surface area contributed by atoms with Gasteiger partial charge < -0.3 is 14.7 Å². The molecule has 1 unspecified atom stereocenters. The molecule has 2 fully saturated rings. The first-order valence-electron chi connectivity index (χ1n) is 7.57. The number of ether oxygens (including phenoxy) is 1. The van der Waals surface area contributed by atoms with Crippen molar-refractivity contribution in [2.45, 2.75) is 70.5 Å². The Morgan fingerprint density at radius 2 is 1.81 bits per heavy atom. The quantitative estimate of drug-likeness (QED) is 0.748. The first-order chi connectivity index (χ1) is 9.53. The molecule has 1 amide bonds. The highest BCUT2D eigenvalue weighted by Crippen LogP contribution is 2.50. The zero-order valence-electron chi connectivity index (χ0n) is 13.0. The van der Waals surface area contributed by atoms with E-state index in [0.29, 0.717) is 32.4 Å². The second-order valence-electron chi connectivity index (χ2n) is 7.46. The largest absolute Gasteiger partial charge is 0.444 e. The summed E-state index contributed by atoms with van der Waals surface area (Å²) in [6, 6.07) is 0. The highest BCUT2D eigenvalue weighted by Gasteiger charge is 2.52. The van der Waals surface area contributed by atoms with Crippen molar-refractivity contribution < 1.29 is 23.4 Å². The summed E-state index contributed by atoms with van der Waals surface area (Å²) in [5.41, 5.74) is -0.991. The van der Waals surface area contributed by atoms with Gasteiger partial charge in [-0.05, 0) is 51.9 Å². The molecule has 0 aromatic rings. The summed E-state index contributed by atoms with van der Waals surface area (Å²) in [7, 11) is 0. The minimum atomic E-state index is -3.01. The minimum Gasteiger partial charge on any atom is -0.444 e. The average Bonchev–Trinajstić information content (AvgIpc) is 2.33. The second-order valence-corrected chi connectivity index (χ2v) is 7.46. The summed E-state index contributed by atoms with van der Waals surface area (Å²) in [6.07, 6.45) is -0.329. The Hall–Kier alpha value is -0.910. The number of aliphatic hydroxyl groups excluding tert-OH is 1. The van der Waals surface area contributed by atoms with Crippen LogP contribution in [0.15, 0.2) is 0 Å². The fraction of sp³-hybridized carbons (Fsp3) is 0.933. The van der Waals surface area contributed by atoms with Crippen molar-refractivity contribution in [3.8, 4) is 0 Å². The molecule has 21 heavy (non-hydrogen) atoms. The molecule has 1 atom stereocenters. The number of alkyl halides is 2. The van der Waals surface area contributed by atoms with Gasteiger partial charge in [-0.3, -0.25) is 0 Å². The SMILES string of the molecule is CC(C)(C)OC(=O)N1CCC2(CCC(O)C(F)(F)C2)CC1. The van der Waals surface area contributed by atoms with Gasteiger partial charge in [0, 0.05) is 19.5 Å². The molecule has 0 bridgehead atoms. The molecule has 1 aliphatic heterocycles. The van der Waals surface area contributed by atoms with Crippen LogP contribution < -0.4 is 0 Å². The Bertz CT molecular complexity index is 398. The third-order valence-electron chi connectivity index (χ3n) is 4.52. The van der Waals surface area contributed by atoms with Crippen molar-refractivity contribution in [1.29, 1.82) is 0 Å². The Morgan fingerprint density at radius 3 is 2.29 bits per heavy atom. The first-order valence-corrected chi connectivity index (χ1v) is 7.57.